The van der Waals surface area contributed by atoms with Crippen molar-refractivity contribution in [3.05, 3.63) is 27.2 Å². The van der Waals surface area contributed by atoms with Crippen molar-refractivity contribution in [1.29, 1.82) is 0 Å². The first-order chi connectivity index (χ1) is 9.88. The Morgan fingerprint density at radius 3 is 2.62 bits per heavy atom. The standard InChI is InChI=1S/C12H16N4O5/c1-5-20-12(19)21-7(2)16-6-13-9-8(16)10(17)15(4)11(18)14(9)3/h6-7H,5H2,1-4H3. The maximum Gasteiger partial charge on any atom is 0.510 e. The number of aromatic nitrogens is 4. The second-order valence-corrected chi connectivity index (χ2v) is 4.43. The van der Waals surface area contributed by atoms with Gasteiger partial charge in [0.15, 0.2) is 17.4 Å². The van der Waals surface area contributed by atoms with Crippen LogP contribution in [-0.4, -0.2) is 31.4 Å². The van der Waals surface area contributed by atoms with Crippen molar-refractivity contribution in [3.63, 3.8) is 0 Å². The van der Waals surface area contributed by atoms with Crippen molar-refractivity contribution >= 4 is 17.3 Å². The molecule has 0 amide bonds. The van der Waals surface area contributed by atoms with Crippen LogP contribution in [0.2, 0.25) is 0 Å². The molecule has 2 heterocycles. The third-order valence-electron chi connectivity index (χ3n) is 3.09. The van der Waals surface area contributed by atoms with E-state index in [9.17, 15) is 14.4 Å². The molecule has 0 saturated carbocycles. The average molecular weight is 296 g/mol. The lowest BCUT2D eigenvalue weighted by Gasteiger charge is -2.14. The van der Waals surface area contributed by atoms with Gasteiger partial charge in [0.05, 0.1) is 6.61 Å². The number of fused-ring (bicyclic) bond motifs is 1. The quantitative estimate of drug-likeness (QED) is 0.746. The van der Waals surface area contributed by atoms with Gasteiger partial charge >= 0.3 is 11.8 Å². The fraction of sp³-hybridized carbons (Fsp3) is 0.500. The molecule has 114 valence electrons. The van der Waals surface area contributed by atoms with E-state index in [-0.39, 0.29) is 17.8 Å². The number of rotatable bonds is 3. The highest BCUT2D eigenvalue weighted by atomic mass is 16.7. The summed E-state index contributed by atoms with van der Waals surface area (Å²) in [6.45, 7) is 3.42. The van der Waals surface area contributed by atoms with Crippen LogP contribution in [0, 0.1) is 0 Å². The normalized spacial score (nSPS) is 12.4. The molecular weight excluding hydrogens is 280 g/mol. The van der Waals surface area contributed by atoms with Crippen molar-refractivity contribution in [2.75, 3.05) is 6.61 Å². The zero-order valence-electron chi connectivity index (χ0n) is 12.2. The van der Waals surface area contributed by atoms with Gasteiger partial charge in [0.25, 0.3) is 5.56 Å². The molecule has 0 spiro atoms. The van der Waals surface area contributed by atoms with Crippen LogP contribution in [0.15, 0.2) is 15.9 Å². The van der Waals surface area contributed by atoms with Gasteiger partial charge in [-0.05, 0) is 13.8 Å². The van der Waals surface area contributed by atoms with Gasteiger partial charge in [0.2, 0.25) is 0 Å². The van der Waals surface area contributed by atoms with Crippen LogP contribution in [0.4, 0.5) is 4.79 Å². The third kappa shape index (κ3) is 2.41. The second kappa shape index (κ2) is 5.43. The van der Waals surface area contributed by atoms with E-state index < -0.39 is 23.6 Å². The van der Waals surface area contributed by atoms with Crippen LogP contribution in [0.5, 0.6) is 0 Å². The van der Waals surface area contributed by atoms with Gasteiger partial charge in [-0.25, -0.2) is 14.6 Å². The van der Waals surface area contributed by atoms with Crippen LogP contribution >= 0.6 is 0 Å². The summed E-state index contributed by atoms with van der Waals surface area (Å²) in [6.07, 6.45) is -0.289. The summed E-state index contributed by atoms with van der Waals surface area (Å²) >= 11 is 0. The minimum atomic E-state index is -0.839. The molecule has 2 rings (SSSR count). The molecule has 2 aromatic heterocycles. The Morgan fingerprint density at radius 2 is 2.00 bits per heavy atom. The number of imidazole rings is 1. The highest BCUT2D eigenvalue weighted by Crippen LogP contribution is 2.14. The SMILES string of the molecule is CCOC(=O)OC(C)n1cnc2c1c(=O)n(C)c(=O)n2C. The van der Waals surface area contributed by atoms with Gasteiger partial charge in [-0.1, -0.05) is 0 Å². The van der Waals surface area contributed by atoms with Crippen LogP contribution in [0.25, 0.3) is 11.2 Å². The number of hydrogen-bond donors (Lipinski definition) is 0. The molecular formula is C12H16N4O5. The molecule has 21 heavy (non-hydrogen) atoms. The van der Waals surface area contributed by atoms with Crippen molar-refractivity contribution in [2.24, 2.45) is 14.1 Å². The van der Waals surface area contributed by atoms with Crippen LogP contribution in [-0.2, 0) is 23.6 Å². The first kappa shape index (κ1) is 14.8. The summed E-state index contributed by atoms with van der Waals surface area (Å²) in [5.74, 6) is 0. The van der Waals surface area contributed by atoms with E-state index >= 15 is 0 Å². The highest BCUT2D eigenvalue weighted by molar-refractivity contribution is 5.70. The first-order valence-electron chi connectivity index (χ1n) is 6.34. The predicted molar refractivity (Wildman–Crippen MR) is 73.0 cm³/mol. The molecule has 0 fully saturated rings. The molecule has 9 nitrogen and oxygen atoms in total. The summed E-state index contributed by atoms with van der Waals surface area (Å²) < 4.78 is 13.3. The average Bonchev–Trinajstić information content (AvgIpc) is 2.88. The Kier molecular flexibility index (Phi) is 3.83. The van der Waals surface area contributed by atoms with Crippen LogP contribution < -0.4 is 11.2 Å². The first-order valence-corrected chi connectivity index (χ1v) is 6.34. The Hall–Kier alpha value is -2.58. The fourth-order valence-corrected chi connectivity index (χ4v) is 1.99. The van der Waals surface area contributed by atoms with Crippen molar-refractivity contribution in [2.45, 2.75) is 20.1 Å². The maximum atomic E-state index is 12.2. The van der Waals surface area contributed by atoms with Gasteiger partial charge < -0.3 is 9.47 Å². The molecule has 0 aliphatic heterocycles. The molecule has 2 aromatic rings. The third-order valence-corrected chi connectivity index (χ3v) is 3.09. The van der Waals surface area contributed by atoms with E-state index in [0.717, 1.165) is 4.57 Å². The molecule has 0 aliphatic carbocycles. The molecule has 0 aliphatic rings. The maximum absolute atomic E-state index is 12.2. The number of carbonyl (C=O) groups excluding carboxylic acids is 1. The van der Waals surface area contributed by atoms with E-state index in [4.69, 9.17) is 4.74 Å². The number of aryl methyl sites for hydroxylation is 1. The fourth-order valence-electron chi connectivity index (χ4n) is 1.99. The lowest BCUT2D eigenvalue weighted by Crippen LogP contribution is -2.37. The summed E-state index contributed by atoms with van der Waals surface area (Å²) in [5.41, 5.74) is -0.583. The molecule has 1 unspecified atom stereocenters. The van der Waals surface area contributed by atoms with Crippen molar-refractivity contribution < 1.29 is 14.3 Å². The Bertz CT molecular complexity index is 800. The highest BCUT2D eigenvalue weighted by Gasteiger charge is 2.19. The van der Waals surface area contributed by atoms with E-state index in [2.05, 4.69) is 9.72 Å². The molecule has 0 saturated heterocycles. The Balaban J connectivity index is 2.54. The lowest BCUT2D eigenvalue weighted by molar-refractivity contribution is 0.00786. The number of carbonyl (C=O) groups is 1. The van der Waals surface area contributed by atoms with E-state index in [1.54, 1.807) is 13.8 Å². The van der Waals surface area contributed by atoms with Gasteiger partial charge in [-0.3, -0.25) is 18.5 Å². The molecule has 1 atom stereocenters. The summed E-state index contributed by atoms with van der Waals surface area (Å²) in [7, 11) is 2.89. The Labute approximate surface area is 119 Å². The predicted octanol–water partition coefficient (Wildman–Crippen LogP) is 0.125. The minimum absolute atomic E-state index is 0.177. The molecule has 0 aromatic carbocycles. The molecule has 0 N–H and O–H groups in total. The monoisotopic (exact) mass is 296 g/mol. The van der Waals surface area contributed by atoms with E-state index in [1.165, 1.54) is 29.6 Å². The molecule has 0 radical (unpaired) electrons. The second-order valence-electron chi connectivity index (χ2n) is 4.43. The van der Waals surface area contributed by atoms with E-state index in [1.807, 2.05) is 0 Å². The van der Waals surface area contributed by atoms with Crippen molar-refractivity contribution in [1.82, 2.24) is 18.7 Å². The summed E-state index contributed by atoms with van der Waals surface area (Å²) in [5, 5.41) is 0. The number of hydrogen-bond acceptors (Lipinski definition) is 6. The minimum Gasteiger partial charge on any atom is -0.435 e. The van der Waals surface area contributed by atoms with Crippen LogP contribution in [0.1, 0.15) is 20.1 Å². The van der Waals surface area contributed by atoms with Crippen LogP contribution in [0.3, 0.4) is 0 Å². The summed E-state index contributed by atoms with van der Waals surface area (Å²) in [4.78, 5) is 39.4. The topological polar surface area (TPSA) is 97.3 Å². The van der Waals surface area contributed by atoms with Gasteiger partial charge in [0.1, 0.15) is 6.33 Å². The molecule has 9 heteroatoms. The number of nitrogens with zero attached hydrogens (tertiary/aromatic N) is 4. The molecule has 0 bridgehead atoms. The number of ether oxygens (including phenoxy) is 2. The largest absolute Gasteiger partial charge is 0.510 e. The smallest absolute Gasteiger partial charge is 0.435 e. The lowest BCUT2D eigenvalue weighted by atomic mass is 10.5. The zero-order chi connectivity index (χ0) is 15.7. The Morgan fingerprint density at radius 1 is 1.33 bits per heavy atom. The van der Waals surface area contributed by atoms with Gasteiger partial charge in [-0.2, -0.15) is 0 Å². The zero-order valence-corrected chi connectivity index (χ0v) is 12.2. The summed E-state index contributed by atoms with van der Waals surface area (Å²) in [6, 6.07) is 0. The van der Waals surface area contributed by atoms with Crippen molar-refractivity contribution in [3.8, 4) is 0 Å². The van der Waals surface area contributed by atoms with Gasteiger partial charge in [0, 0.05) is 14.1 Å². The van der Waals surface area contributed by atoms with Gasteiger partial charge in [-0.15, -0.1) is 0 Å². The van der Waals surface area contributed by atoms with E-state index in [0.29, 0.717) is 0 Å².